The first-order chi connectivity index (χ1) is 13.5. The van der Waals surface area contributed by atoms with Crippen LogP contribution in [-0.2, 0) is 0 Å². The first-order valence-electron chi connectivity index (χ1n) is 8.69. The highest BCUT2D eigenvalue weighted by atomic mass is 32.1. The number of ether oxygens (including phenoxy) is 1. The highest BCUT2D eigenvalue weighted by Gasteiger charge is 2.38. The summed E-state index contributed by atoms with van der Waals surface area (Å²) in [6, 6.07) is 16.6. The van der Waals surface area contributed by atoms with Crippen molar-refractivity contribution >= 4 is 34.5 Å². The fraction of sp³-hybridized carbons (Fsp3) is 0.143. The minimum atomic E-state index is -0.483. The molecule has 7 heteroatoms. The Balaban J connectivity index is 1.87. The number of carbonyl (C=O) groups excluding carboxylic acids is 2. The molecule has 0 aliphatic carbocycles. The van der Waals surface area contributed by atoms with E-state index in [0.717, 1.165) is 16.3 Å². The van der Waals surface area contributed by atoms with Gasteiger partial charge >= 0.3 is 0 Å². The van der Waals surface area contributed by atoms with Gasteiger partial charge in [0.25, 0.3) is 5.91 Å². The number of fused-ring (bicyclic) bond motifs is 1. The molecule has 1 aromatic heterocycles. The van der Waals surface area contributed by atoms with Gasteiger partial charge in [-0.25, -0.2) is 0 Å². The van der Waals surface area contributed by atoms with E-state index in [4.69, 9.17) is 10.5 Å². The van der Waals surface area contributed by atoms with Crippen molar-refractivity contribution in [2.75, 3.05) is 24.0 Å². The predicted molar refractivity (Wildman–Crippen MR) is 110 cm³/mol. The normalized spacial score (nSPS) is 16.1. The summed E-state index contributed by atoms with van der Waals surface area (Å²) in [6.45, 7) is 0. The monoisotopic (exact) mass is 393 g/mol. The number of amides is 2. The largest absolute Gasteiger partial charge is 0.497 e. The molecule has 1 aliphatic heterocycles. The molecule has 0 radical (unpaired) electrons. The van der Waals surface area contributed by atoms with Crippen LogP contribution in [0.3, 0.4) is 0 Å². The van der Waals surface area contributed by atoms with Gasteiger partial charge in [0, 0.05) is 23.0 Å². The summed E-state index contributed by atoms with van der Waals surface area (Å²) < 4.78 is 5.24. The van der Waals surface area contributed by atoms with Crippen LogP contribution >= 0.6 is 11.3 Å². The van der Waals surface area contributed by atoms with Crippen molar-refractivity contribution < 1.29 is 14.3 Å². The van der Waals surface area contributed by atoms with Gasteiger partial charge in [0.2, 0.25) is 5.91 Å². The highest BCUT2D eigenvalue weighted by molar-refractivity contribution is 7.10. The van der Waals surface area contributed by atoms with Gasteiger partial charge in [-0.1, -0.05) is 12.1 Å². The lowest BCUT2D eigenvalue weighted by molar-refractivity contribution is 0.0969. The lowest BCUT2D eigenvalue weighted by Gasteiger charge is -2.43. The summed E-state index contributed by atoms with van der Waals surface area (Å²) in [7, 11) is 3.54. The number of benzene rings is 2. The van der Waals surface area contributed by atoms with Crippen LogP contribution in [0.25, 0.3) is 0 Å². The number of anilines is 2. The van der Waals surface area contributed by atoms with Gasteiger partial charge in [-0.05, 0) is 42.5 Å². The van der Waals surface area contributed by atoms with Crippen molar-refractivity contribution in [2.24, 2.45) is 5.73 Å². The van der Waals surface area contributed by atoms with Gasteiger partial charge in [0.05, 0.1) is 23.9 Å². The Kier molecular flexibility index (Phi) is 4.52. The third-order valence-electron chi connectivity index (χ3n) is 4.85. The van der Waals surface area contributed by atoms with Gasteiger partial charge < -0.3 is 15.4 Å². The van der Waals surface area contributed by atoms with Crippen molar-refractivity contribution in [1.82, 2.24) is 0 Å². The number of hydrogen-bond donors (Lipinski definition) is 1. The molecule has 0 bridgehead atoms. The van der Waals surface area contributed by atoms with E-state index in [9.17, 15) is 9.59 Å². The highest BCUT2D eigenvalue weighted by Crippen LogP contribution is 2.42. The van der Waals surface area contributed by atoms with E-state index in [2.05, 4.69) is 0 Å². The van der Waals surface area contributed by atoms with E-state index in [1.54, 1.807) is 23.5 Å². The summed E-state index contributed by atoms with van der Waals surface area (Å²) >= 11 is 1.41. The fourth-order valence-corrected chi connectivity index (χ4v) is 4.47. The summed E-state index contributed by atoms with van der Waals surface area (Å²) in [4.78, 5) is 29.6. The first kappa shape index (κ1) is 18.1. The molecular formula is C21H19N3O3S. The van der Waals surface area contributed by atoms with Crippen LogP contribution in [0.15, 0.2) is 60.0 Å². The van der Waals surface area contributed by atoms with Crippen molar-refractivity contribution in [3.8, 4) is 5.75 Å². The van der Waals surface area contributed by atoms with Gasteiger partial charge in [0.1, 0.15) is 11.9 Å². The van der Waals surface area contributed by atoms with Crippen LogP contribution < -0.4 is 20.3 Å². The number of thiophene rings is 1. The maximum atomic E-state index is 13.4. The van der Waals surface area contributed by atoms with E-state index in [-0.39, 0.29) is 5.91 Å². The third-order valence-corrected chi connectivity index (χ3v) is 5.83. The van der Waals surface area contributed by atoms with E-state index in [1.807, 2.05) is 60.5 Å². The van der Waals surface area contributed by atoms with E-state index in [1.165, 1.54) is 11.3 Å². The van der Waals surface area contributed by atoms with Crippen molar-refractivity contribution in [2.45, 2.75) is 6.17 Å². The van der Waals surface area contributed by atoms with E-state index >= 15 is 0 Å². The second-order valence-corrected chi connectivity index (χ2v) is 7.42. The summed E-state index contributed by atoms with van der Waals surface area (Å²) in [5, 5.41) is 1.72. The molecule has 2 amide bonds. The zero-order valence-electron chi connectivity index (χ0n) is 15.5. The minimum absolute atomic E-state index is 0.0992. The Hall–Kier alpha value is -3.32. The lowest BCUT2D eigenvalue weighted by Crippen LogP contribution is -2.47. The number of carbonyl (C=O) groups is 2. The topological polar surface area (TPSA) is 75.9 Å². The predicted octanol–water partition coefficient (Wildman–Crippen LogP) is 3.65. The number of nitrogens with two attached hydrogens (primary N) is 1. The molecule has 0 fully saturated rings. The molecule has 2 aromatic carbocycles. The molecule has 2 N–H and O–H groups in total. The first-order valence-corrected chi connectivity index (χ1v) is 9.57. The average molecular weight is 393 g/mol. The molecule has 3 aromatic rings. The Morgan fingerprint density at radius 1 is 1.14 bits per heavy atom. The smallest absolute Gasteiger partial charge is 0.262 e. The molecule has 6 nitrogen and oxygen atoms in total. The van der Waals surface area contributed by atoms with Gasteiger partial charge in [-0.3, -0.25) is 14.5 Å². The Bertz CT molecular complexity index is 1050. The fourth-order valence-electron chi connectivity index (χ4n) is 3.44. The molecule has 1 aliphatic rings. The quantitative estimate of drug-likeness (QED) is 0.734. The summed E-state index contributed by atoms with van der Waals surface area (Å²) in [6.07, 6.45) is -0.395. The van der Waals surface area contributed by atoms with Gasteiger partial charge in [-0.15, -0.1) is 11.3 Å². The number of hydrogen-bond acceptors (Lipinski definition) is 5. The number of nitrogens with zero attached hydrogens (tertiary/aromatic N) is 2. The Morgan fingerprint density at radius 2 is 1.86 bits per heavy atom. The molecule has 1 atom stereocenters. The maximum absolute atomic E-state index is 13.4. The molecule has 0 saturated heterocycles. The molecule has 142 valence electrons. The van der Waals surface area contributed by atoms with Crippen molar-refractivity contribution in [3.63, 3.8) is 0 Å². The van der Waals surface area contributed by atoms with Gasteiger partial charge in [-0.2, -0.15) is 0 Å². The Morgan fingerprint density at radius 3 is 2.50 bits per heavy atom. The maximum Gasteiger partial charge on any atom is 0.262 e. The van der Waals surface area contributed by atoms with Crippen LogP contribution in [0.2, 0.25) is 0 Å². The number of methoxy groups -OCH3 is 1. The molecule has 1 unspecified atom stereocenters. The van der Waals surface area contributed by atoms with E-state index in [0.29, 0.717) is 16.9 Å². The van der Waals surface area contributed by atoms with Crippen LogP contribution in [0, 0.1) is 0 Å². The average Bonchev–Trinajstić information content (AvgIpc) is 3.21. The van der Waals surface area contributed by atoms with Crippen molar-refractivity contribution in [3.05, 3.63) is 76.0 Å². The summed E-state index contributed by atoms with van der Waals surface area (Å²) in [5.74, 6) is 0.132. The number of para-hydroxylation sites is 1. The molecule has 0 spiro atoms. The summed E-state index contributed by atoms with van der Waals surface area (Å²) in [5.41, 5.74) is 8.09. The van der Waals surface area contributed by atoms with Crippen molar-refractivity contribution in [1.29, 1.82) is 0 Å². The lowest BCUT2D eigenvalue weighted by atomic mass is 10.0. The van der Waals surface area contributed by atoms with Crippen LogP contribution in [0.1, 0.15) is 31.8 Å². The number of primary amides is 1. The minimum Gasteiger partial charge on any atom is -0.497 e. The molecule has 4 rings (SSSR count). The second-order valence-electron chi connectivity index (χ2n) is 6.48. The molecule has 0 saturated carbocycles. The SMILES string of the molecule is COc1ccc(N2C(=O)c3ccccc3N(C)C2c2cc(C(N)=O)cs2)cc1. The Labute approximate surface area is 166 Å². The molecule has 28 heavy (non-hydrogen) atoms. The standard InChI is InChI=1S/C21H19N3O3S/c1-23-17-6-4-3-5-16(17)21(26)24(14-7-9-15(27-2)10-8-14)20(23)18-11-13(12-28-18)19(22)25/h3-12,20H,1-2H3,(H2,22,25). The third kappa shape index (κ3) is 2.90. The second kappa shape index (κ2) is 7.01. The number of rotatable bonds is 4. The van der Waals surface area contributed by atoms with Crippen LogP contribution in [0.4, 0.5) is 11.4 Å². The van der Waals surface area contributed by atoms with Crippen LogP contribution in [-0.4, -0.2) is 26.0 Å². The zero-order chi connectivity index (χ0) is 19.8. The van der Waals surface area contributed by atoms with Gasteiger partial charge in [0.15, 0.2) is 0 Å². The van der Waals surface area contributed by atoms with E-state index < -0.39 is 12.1 Å². The van der Waals surface area contributed by atoms with Crippen LogP contribution in [0.5, 0.6) is 5.75 Å². The molecule has 2 heterocycles. The molecular weight excluding hydrogens is 374 g/mol. The zero-order valence-corrected chi connectivity index (χ0v) is 16.3.